The molecule has 2 atom stereocenters. The highest BCUT2D eigenvalue weighted by Gasteiger charge is 2.27. The van der Waals surface area contributed by atoms with Gasteiger partial charge in [0.2, 0.25) is 0 Å². The first-order valence-electron chi connectivity index (χ1n) is 6.69. The fourth-order valence-electron chi connectivity index (χ4n) is 2.42. The van der Waals surface area contributed by atoms with E-state index >= 15 is 0 Å². The Morgan fingerprint density at radius 1 is 1.53 bits per heavy atom. The van der Waals surface area contributed by atoms with Gasteiger partial charge in [0.1, 0.15) is 0 Å². The summed E-state index contributed by atoms with van der Waals surface area (Å²) in [6.45, 7) is 9.45. The summed E-state index contributed by atoms with van der Waals surface area (Å²) in [5.74, 6) is -0.0238. The van der Waals surface area contributed by atoms with E-state index in [0.29, 0.717) is 12.0 Å². The van der Waals surface area contributed by atoms with E-state index in [1.807, 2.05) is 0 Å². The standard InChI is InChI=1S/C13H26N2O2/c1-10(2)5-7-15-11(3)4-6-14-9-12(15)8-13(16)17/h10-12,14H,4-9H2,1-3H3,(H,16,17). The molecule has 1 fully saturated rings. The zero-order chi connectivity index (χ0) is 12.8. The summed E-state index contributed by atoms with van der Waals surface area (Å²) in [7, 11) is 0. The SMILES string of the molecule is CC(C)CCN1C(C)CCNCC1CC(=O)O. The maximum absolute atomic E-state index is 10.9. The summed E-state index contributed by atoms with van der Waals surface area (Å²) in [5, 5.41) is 12.3. The second-order valence-electron chi connectivity index (χ2n) is 5.51. The fourth-order valence-corrected chi connectivity index (χ4v) is 2.42. The molecular formula is C13H26N2O2. The van der Waals surface area contributed by atoms with Crippen molar-refractivity contribution >= 4 is 5.97 Å². The molecule has 4 heteroatoms. The lowest BCUT2D eigenvalue weighted by Crippen LogP contribution is -2.45. The second-order valence-corrected chi connectivity index (χ2v) is 5.51. The van der Waals surface area contributed by atoms with Crippen LogP contribution in [-0.2, 0) is 4.79 Å². The molecule has 2 unspecified atom stereocenters. The van der Waals surface area contributed by atoms with Crippen LogP contribution in [-0.4, -0.2) is 47.7 Å². The van der Waals surface area contributed by atoms with E-state index in [1.54, 1.807) is 0 Å². The van der Waals surface area contributed by atoms with Gasteiger partial charge in [0, 0.05) is 18.6 Å². The maximum atomic E-state index is 10.9. The number of aliphatic carboxylic acids is 1. The van der Waals surface area contributed by atoms with Gasteiger partial charge >= 0.3 is 5.97 Å². The van der Waals surface area contributed by atoms with Crippen molar-refractivity contribution in [2.24, 2.45) is 5.92 Å². The molecule has 0 aromatic heterocycles. The van der Waals surface area contributed by atoms with Crippen molar-refractivity contribution in [2.75, 3.05) is 19.6 Å². The smallest absolute Gasteiger partial charge is 0.304 e. The minimum Gasteiger partial charge on any atom is -0.481 e. The predicted octanol–water partition coefficient (Wildman–Crippen LogP) is 1.56. The Labute approximate surface area is 104 Å². The van der Waals surface area contributed by atoms with Crippen LogP contribution in [0.1, 0.15) is 40.0 Å². The predicted molar refractivity (Wildman–Crippen MR) is 69.2 cm³/mol. The van der Waals surface area contributed by atoms with Gasteiger partial charge in [-0.25, -0.2) is 0 Å². The van der Waals surface area contributed by atoms with E-state index in [4.69, 9.17) is 5.11 Å². The molecule has 1 rings (SSSR count). The molecule has 0 aliphatic carbocycles. The Kier molecular flexibility index (Phi) is 5.92. The van der Waals surface area contributed by atoms with Crippen molar-refractivity contribution in [1.82, 2.24) is 10.2 Å². The van der Waals surface area contributed by atoms with Gasteiger partial charge in [-0.3, -0.25) is 9.69 Å². The lowest BCUT2D eigenvalue weighted by molar-refractivity contribution is -0.138. The highest BCUT2D eigenvalue weighted by atomic mass is 16.4. The van der Waals surface area contributed by atoms with E-state index in [9.17, 15) is 4.79 Å². The first-order valence-corrected chi connectivity index (χ1v) is 6.69. The van der Waals surface area contributed by atoms with E-state index < -0.39 is 5.97 Å². The Balaban J connectivity index is 2.62. The van der Waals surface area contributed by atoms with Crippen LogP contribution in [0.25, 0.3) is 0 Å². The van der Waals surface area contributed by atoms with E-state index in [-0.39, 0.29) is 12.5 Å². The molecule has 0 radical (unpaired) electrons. The van der Waals surface area contributed by atoms with Crippen LogP contribution in [0.3, 0.4) is 0 Å². The van der Waals surface area contributed by atoms with Gasteiger partial charge in [-0.05, 0) is 38.8 Å². The molecule has 1 aliphatic heterocycles. The van der Waals surface area contributed by atoms with Gasteiger partial charge < -0.3 is 10.4 Å². The molecule has 0 spiro atoms. The largest absolute Gasteiger partial charge is 0.481 e. The summed E-state index contributed by atoms with van der Waals surface area (Å²) in [6.07, 6.45) is 2.49. The van der Waals surface area contributed by atoms with Crippen molar-refractivity contribution in [2.45, 2.75) is 52.1 Å². The molecule has 1 saturated heterocycles. The third-order valence-electron chi connectivity index (χ3n) is 3.53. The van der Waals surface area contributed by atoms with Crippen LogP contribution >= 0.6 is 0 Å². The van der Waals surface area contributed by atoms with Gasteiger partial charge in [0.15, 0.2) is 0 Å². The van der Waals surface area contributed by atoms with Crippen molar-refractivity contribution in [1.29, 1.82) is 0 Å². The Hall–Kier alpha value is -0.610. The van der Waals surface area contributed by atoms with Gasteiger partial charge in [-0.2, -0.15) is 0 Å². The first-order chi connectivity index (χ1) is 8.00. The zero-order valence-electron chi connectivity index (χ0n) is 11.3. The summed E-state index contributed by atoms with van der Waals surface area (Å²) < 4.78 is 0. The molecule has 0 amide bonds. The molecule has 4 nitrogen and oxygen atoms in total. The van der Waals surface area contributed by atoms with Crippen molar-refractivity contribution in [3.8, 4) is 0 Å². The lowest BCUT2D eigenvalue weighted by atomic mass is 10.1. The number of hydrogen-bond acceptors (Lipinski definition) is 3. The number of carboxylic acid groups (broad SMARTS) is 1. The van der Waals surface area contributed by atoms with E-state index in [0.717, 1.165) is 32.5 Å². The number of nitrogens with zero attached hydrogens (tertiary/aromatic N) is 1. The average molecular weight is 242 g/mol. The lowest BCUT2D eigenvalue weighted by Gasteiger charge is -2.34. The minimum atomic E-state index is -0.694. The van der Waals surface area contributed by atoms with Crippen molar-refractivity contribution in [3.63, 3.8) is 0 Å². The third kappa shape index (κ3) is 5.04. The van der Waals surface area contributed by atoms with Crippen LogP contribution in [0.15, 0.2) is 0 Å². The maximum Gasteiger partial charge on any atom is 0.304 e. The fraction of sp³-hybridized carbons (Fsp3) is 0.923. The van der Waals surface area contributed by atoms with Crippen LogP contribution < -0.4 is 5.32 Å². The van der Waals surface area contributed by atoms with Crippen LogP contribution in [0.4, 0.5) is 0 Å². The number of rotatable bonds is 5. The Morgan fingerprint density at radius 3 is 2.82 bits per heavy atom. The first kappa shape index (κ1) is 14.5. The number of hydrogen-bond donors (Lipinski definition) is 2. The average Bonchev–Trinajstić information content (AvgIpc) is 2.37. The zero-order valence-corrected chi connectivity index (χ0v) is 11.3. The van der Waals surface area contributed by atoms with Crippen molar-refractivity contribution < 1.29 is 9.90 Å². The Bertz CT molecular complexity index is 244. The van der Waals surface area contributed by atoms with E-state index in [1.165, 1.54) is 0 Å². The molecular weight excluding hydrogens is 216 g/mol. The van der Waals surface area contributed by atoms with Crippen molar-refractivity contribution in [3.05, 3.63) is 0 Å². The molecule has 0 aromatic rings. The van der Waals surface area contributed by atoms with Gasteiger partial charge in [0.05, 0.1) is 6.42 Å². The molecule has 17 heavy (non-hydrogen) atoms. The number of carboxylic acids is 1. The minimum absolute atomic E-state index is 0.142. The highest BCUT2D eigenvalue weighted by molar-refractivity contribution is 5.67. The third-order valence-corrected chi connectivity index (χ3v) is 3.53. The molecule has 1 heterocycles. The molecule has 0 saturated carbocycles. The highest BCUT2D eigenvalue weighted by Crippen LogP contribution is 2.16. The number of carbonyl (C=O) groups is 1. The second kappa shape index (κ2) is 6.97. The van der Waals surface area contributed by atoms with Gasteiger partial charge in [-0.15, -0.1) is 0 Å². The Morgan fingerprint density at radius 2 is 2.24 bits per heavy atom. The van der Waals surface area contributed by atoms with Crippen LogP contribution in [0.2, 0.25) is 0 Å². The van der Waals surface area contributed by atoms with Gasteiger partial charge in [0.25, 0.3) is 0 Å². The molecule has 0 aromatic carbocycles. The van der Waals surface area contributed by atoms with Gasteiger partial charge in [-0.1, -0.05) is 13.8 Å². The molecule has 2 N–H and O–H groups in total. The number of nitrogens with one attached hydrogen (secondary N) is 1. The normalized spacial score (nSPS) is 27.1. The molecule has 100 valence electrons. The summed E-state index contributed by atoms with van der Waals surface area (Å²) in [6, 6.07) is 0.622. The molecule has 0 bridgehead atoms. The quantitative estimate of drug-likeness (QED) is 0.768. The summed E-state index contributed by atoms with van der Waals surface area (Å²) in [5.41, 5.74) is 0. The molecule has 1 aliphatic rings. The monoisotopic (exact) mass is 242 g/mol. The van der Waals surface area contributed by atoms with E-state index in [2.05, 4.69) is 31.0 Å². The van der Waals surface area contributed by atoms with Crippen LogP contribution in [0.5, 0.6) is 0 Å². The topological polar surface area (TPSA) is 52.6 Å². The van der Waals surface area contributed by atoms with Crippen LogP contribution in [0, 0.1) is 5.92 Å². The summed E-state index contributed by atoms with van der Waals surface area (Å²) in [4.78, 5) is 13.3. The summed E-state index contributed by atoms with van der Waals surface area (Å²) >= 11 is 0.